The number of nitrogens with one attached hydrogen (secondary N) is 1. The third-order valence-corrected chi connectivity index (χ3v) is 6.63. The Bertz CT molecular complexity index is 968. The molecule has 1 aliphatic heterocycles. The number of carbonyl (C=O) groups is 1. The highest BCUT2D eigenvalue weighted by Gasteiger charge is 2.42. The van der Waals surface area contributed by atoms with Gasteiger partial charge in [-0.2, -0.15) is 9.53 Å². The first-order valence-electron chi connectivity index (χ1n) is 8.64. The molecule has 0 aliphatic carbocycles. The summed E-state index contributed by atoms with van der Waals surface area (Å²) in [6, 6.07) is 3.92. The Morgan fingerprint density at radius 3 is 2.54 bits per heavy atom. The number of methoxy groups -OCH3 is 1. The zero-order chi connectivity index (χ0) is 20.6. The molecular weight excluding hydrogens is 388 g/mol. The molecule has 1 aliphatic rings. The standard InChI is InChI=1S/C17H22N4O6S/c1-11(2)19-10-18-14-8-15(17(22)27-3)20(9-16(14)19)28(25,26)13-6-4-12(5-7-13)21(23)24/h4-7,10-11,15,21,23H,8-9H2,1-3H3. The van der Waals surface area contributed by atoms with Crippen LogP contribution >= 0.6 is 0 Å². The number of benzene rings is 1. The van der Waals surface area contributed by atoms with Crippen LogP contribution in [0.3, 0.4) is 0 Å². The number of aromatic nitrogens is 2. The Hall–Kier alpha value is -2.31. The number of hydrogen-bond donors (Lipinski definition) is 2. The number of rotatable bonds is 5. The molecule has 2 atom stereocenters. The van der Waals surface area contributed by atoms with Crippen molar-refractivity contribution < 1.29 is 28.4 Å². The number of imidazole rings is 1. The minimum Gasteiger partial charge on any atom is -0.595 e. The number of fused-ring (bicyclic) bond motifs is 1. The van der Waals surface area contributed by atoms with Crippen LogP contribution in [0.15, 0.2) is 35.5 Å². The minimum atomic E-state index is -4.07. The summed E-state index contributed by atoms with van der Waals surface area (Å²) < 4.78 is 34.3. The SMILES string of the molecule is COC(=O)C1Cc2ncn(C(C)C)c2CN1S(=O)(=O)c1ccc([NH+]([O-])O)cc1. The highest BCUT2D eigenvalue weighted by Crippen LogP contribution is 2.30. The summed E-state index contributed by atoms with van der Waals surface area (Å²) in [4.78, 5) is 16.5. The van der Waals surface area contributed by atoms with Gasteiger partial charge in [0.1, 0.15) is 6.04 Å². The molecule has 152 valence electrons. The van der Waals surface area contributed by atoms with Gasteiger partial charge in [0.15, 0.2) is 5.69 Å². The van der Waals surface area contributed by atoms with Gasteiger partial charge in [-0.15, -0.1) is 0 Å². The quantitative estimate of drug-likeness (QED) is 0.530. The molecule has 0 spiro atoms. The van der Waals surface area contributed by atoms with Gasteiger partial charge < -0.3 is 14.5 Å². The lowest BCUT2D eigenvalue weighted by Gasteiger charge is -2.33. The number of hydrogen-bond acceptors (Lipinski definition) is 7. The van der Waals surface area contributed by atoms with E-state index in [9.17, 15) is 18.4 Å². The largest absolute Gasteiger partial charge is 0.595 e. The summed E-state index contributed by atoms with van der Waals surface area (Å²) in [5, 5.41) is 18.9. The summed E-state index contributed by atoms with van der Waals surface area (Å²) in [5.41, 5.74) is 1.36. The van der Waals surface area contributed by atoms with Crippen molar-refractivity contribution in [2.45, 2.75) is 43.8 Å². The maximum Gasteiger partial charge on any atom is 0.324 e. The highest BCUT2D eigenvalue weighted by molar-refractivity contribution is 7.89. The van der Waals surface area contributed by atoms with Crippen LogP contribution in [0.25, 0.3) is 0 Å². The number of esters is 1. The van der Waals surface area contributed by atoms with E-state index >= 15 is 0 Å². The lowest BCUT2D eigenvalue weighted by atomic mass is 10.1. The molecule has 0 amide bonds. The van der Waals surface area contributed by atoms with E-state index < -0.39 is 27.3 Å². The number of quaternary nitrogens is 1. The predicted molar refractivity (Wildman–Crippen MR) is 97.1 cm³/mol. The number of carbonyl (C=O) groups excluding carboxylic acids is 1. The first kappa shape index (κ1) is 20.4. The van der Waals surface area contributed by atoms with E-state index in [-0.39, 0.29) is 29.6 Å². The molecule has 1 aromatic heterocycles. The van der Waals surface area contributed by atoms with E-state index in [2.05, 4.69) is 4.98 Å². The molecule has 1 aromatic carbocycles. The topological polar surface area (TPSA) is 129 Å². The lowest BCUT2D eigenvalue weighted by molar-refractivity contribution is -0.991. The molecule has 3 rings (SSSR count). The third-order valence-electron chi connectivity index (χ3n) is 4.76. The zero-order valence-corrected chi connectivity index (χ0v) is 16.5. The number of ether oxygens (including phenoxy) is 1. The zero-order valence-electron chi connectivity index (χ0n) is 15.7. The molecule has 0 saturated carbocycles. The summed E-state index contributed by atoms with van der Waals surface area (Å²) in [6.45, 7) is 3.88. The van der Waals surface area contributed by atoms with Crippen molar-refractivity contribution in [2.24, 2.45) is 0 Å². The molecule has 0 bridgehead atoms. The van der Waals surface area contributed by atoms with Crippen LogP contribution < -0.4 is 5.23 Å². The molecule has 11 heteroatoms. The average molecular weight is 410 g/mol. The summed E-state index contributed by atoms with van der Waals surface area (Å²) in [5.74, 6) is -0.671. The van der Waals surface area contributed by atoms with Gasteiger partial charge in [0.25, 0.3) is 0 Å². The summed E-state index contributed by atoms with van der Waals surface area (Å²) >= 11 is 0. The molecule has 0 radical (unpaired) electrons. The van der Waals surface area contributed by atoms with Crippen LogP contribution in [0.4, 0.5) is 5.69 Å². The first-order valence-corrected chi connectivity index (χ1v) is 10.1. The number of nitrogens with zero attached hydrogens (tertiary/aromatic N) is 3. The molecule has 2 unspecified atom stereocenters. The van der Waals surface area contributed by atoms with E-state index in [1.54, 1.807) is 6.33 Å². The Balaban J connectivity index is 2.04. The average Bonchev–Trinajstić information content (AvgIpc) is 3.09. The smallest absolute Gasteiger partial charge is 0.324 e. The van der Waals surface area contributed by atoms with Gasteiger partial charge in [-0.3, -0.25) is 4.79 Å². The minimum absolute atomic E-state index is 0.0257. The Morgan fingerprint density at radius 1 is 1.36 bits per heavy atom. The van der Waals surface area contributed by atoms with E-state index in [1.165, 1.54) is 31.4 Å². The van der Waals surface area contributed by atoms with Gasteiger partial charge in [-0.25, -0.2) is 18.6 Å². The second kappa shape index (κ2) is 7.60. The molecule has 10 nitrogen and oxygen atoms in total. The van der Waals surface area contributed by atoms with Gasteiger partial charge >= 0.3 is 5.97 Å². The monoisotopic (exact) mass is 410 g/mol. The maximum absolute atomic E-state index is 13.3. The lowest BCUT2D eigenvalue weighted by Crippen LogP contribution is -2.99. The van der Waals surface area contributed by atoms with Gasteiger partial charge in [-0.1, -0.05) is 0 Å². The first-order chi connectivity index (χ1) is 13.2. The fourth-order valence-electron chi connectivity index (χ4n) is 3.25. The van der Waals surface area contributed by atoms with Crippen LogP contribution in [0.1, 0.15) is 31.3 Å². The van der Waals surface area contributed by atoms with E-state index in [0.29, 0.717) is 5.69 Å². The van der Waals surface area contributed by atoms with Crippen molar-refractivity contribution in [3.8, 4) is 0 Å². The van der Waals surface area contributed by atoms with Crippen LogP contribution in [0, 0.1) is 5.21 Å². The van der Waals surface area contributed by atoms with Gasteiger partial charge in [0.2, 0.25) is 10.0 Å². The Kier molecular flexibility index (Phi) is 5.55. The van der Waals surface area contributed by atoms with Crippen molar-refractivity contribution in [1.82, 2.24) is 13.9 Å². The number of sulfonamides is 1. The third kappa shape index (κ3) is 3.54. The fourth-order valence-corrected chi connectivity index (χ4v) is 4.79. The molecule has 2 N–H and O–H groups in total. The summed E-state index contributed by atoms with van der Waals surface area (Å²) in [6.07, 6.45) is 1.75. The van der Waals surface area contributed by atoms with Crippen LogP contribution in [-0.2, 0) is 32.5 Å². The normalized spacial score (nSPS) is 18.7. The van der Waals surface area contributed by atoms with E-state index in [4.69, 9.17) is 9.94 Å². The summed E-state index contributed by atoms with van der Waals surface area (Å²) in [7, 11) is -2.87. The van der Waals surface area contributed by atoms with Crippen LogP contribution in [0.2, 0.25) is 0 Å². The second-order valence-corrected chi connectivity index (χ2v) is 8.65. The maximum atomic E-state index is 13.3. The fraction of sp³-hybridized carbons (Fsp3) is 0.412. The van der Waals surface area contributed by atoms with Gasteiger partial charge in [-0.05, 0) is 26.0 Å². The molecule has 28 heavy (non-hydrogen) atoms. The van der Waals surface area contributed by atoms with Crippen LogP contribution in [-0.4, -0.2) is 46.6 Å². The molecular formula is C17H22N4O6S. The van der Waals surface area contributed by atoms with Crippen molar-refractivity contribution in [2.75, 3.05) is 7.11 Å². The van der Waals surface area contributed by atoms with E-state index in [1.807, 2.05) is 18.4 Å². The second-order valence-electron chi connectivity index (χ2n) is 6.76. The molecule has 0 fully saturated rings. The molecule has 2 heterocycles. The van der Waals surface area contributed by atoms with Crippen molar-refractivity contribution >= 4 is 21.7 Å². The van der Waals surface area contributed by atoms with Crippen molar-refractivity contribution in [3.05, 3.63) is 47.2 Å². The van der Waals surface area contributed by atoms with Crippen LogP contribution in [0.5, 0.6) is 0 Å². The predicted octanol–water partition coefficient (Wildman–Crippen LogP) is 0.156. The molecule has 2 aromatic rings. The van der Waals surface area contributed by atoms with Crippen molar-refractivity contribution in [1.29, 1.82) is 0 Å². The molecule has 0 saturated heterocycles. The highest BCUT2D eigenvalue weighted by atomic mass is 32.2. The Labute approximate surface area is 162 Å². The van der Waals surface area contributed by atoms with Gasteiger partial charge in [0.05, 0.1) is 36.3 Å². The van der Waals surface area contributed by atoms with Gasteiger partial charge in [0, 0.05) is 24.6 Å². The van der Waals surface area contributed by atoms with E-state index in [0.717, 1.165) is 10.00 Å². The Morgan fingerprint density at radius 2 is 2.00 bits per heavy atom. The van der Waals surface area contributed by atoms with Crippen molar-refractivity contribution in [3.63, 3.8) is 0 Å².